The average Bonchev–Trinajstić information content (AvgIpc) is 2.12. The van der Waals surface area contributed by atoms with Crippen molar-refractivity contribution >= 4 is 33.2 Å². The molecule has 0 N–H and O–H groups in total. The zero-order valence-corrected chi connectivity index (χ0v) is 9.93. The molecular formula is C6H18Al2O4. The van der Waals surface area contributed by atoms with Crippen LogP contribution in [0.5, 0.6) is 0 Å². The predicted molar refractivity (Wildman–Crippen MR) is 51.6 cm³/mol. The molecule has 0 aromatic rings. The molecule has 0 bridgehead atoms. The van der Waals surface area contributed by atoms with E-state index in [4.69, 9.17) is 0 Å². The van der Waals surface area contributed by atoms with Crippen molar-refractivity contribution in [1.82, 2.24) is 0 Å². The maximum absolute atomic E-state index is 4.64. The van der Waals surface area contributed by atoms with Crippen molar-refractivity contribution < 1.29 is 22.8 Å². The van der Waals surface area contributed by atoms with Gasteiger partial charge in [-0.2, -0.15) is 0 Å². The van der Waals surface area contributed by atoms with Crippen molar-refractivity contribution in [2.45, 2.75) is 0 Å². The maximum Gasteiger partial charge on any atom is -1.00 e. The van der Waals surface area contributed by atoms with Crippen molar-refractivity contribution in [3.8, 4) is 0 Å². The Bertz CT molecular complexity index is 62.5. The van der Waals surface area contributed by atoms with Crippen LogP contribution in [0.2, 0.25) is 0 Å². The molecule has 0 unspecified atom stereocenters. The van der Waals surface area contributed by atoms with E-state index in [1.165, 1.54) is 0 Å². The first-order valence-corrected chi connectivity index (χ1v) is 4.39. The number of rotatable bonds is 6. The third-order valence-electron chi connectivity index (χ3n) is 0.811. The zero-order chi connectivity index (χ0) is 9.66. The molecule has 0 fully saturated rings. The monoisotopic (exact) mass is 208 g/mol. The molecular weight excluding hydrogens is 190 g/mol. The molecule has 0 saturated carbocycles. The normalized spacial score (nSPS) is 9.17. The summed E-state index contributed by atoms with van der Waals surface area (Å²) in [5, 5.41) is 0. The van der Waals surface area contributed by atoms with E-state index in [1.807, 2.05) is 0 Å². The SMILES string of the molecule is COCC[O][Al+2].COCC[O][Al+2].[H-].[H-].[H-].[H-]. The molecule has 0 aromatic carbocycles. The van der Waals surface area contributed by atoms with Gasteiger partial charge in [-0.25, -0.2) is 0 Å². The minimum atomic E-state index is 0. The van der Waals surface area contributed by atoms with Gasteiger partial charge in [0.1, 0.15) is 0 Å². The van der Waals surface area contributed by atoms with Crippen molar-refractivity contribution in [2.24, 2.45) is 0 Å². The molecule has 12 heavy (non-hydrogen) atoms. The van der Waals surface area contributed by atoms with Gasteiger partial charge in [0, 0.05) is 0 Å². The van der Waals surface area contributed by atoms with Gasteiger partial charge in [-0.1, -0.05) is 0 Å². The van der Waals surface area contributed by atoms with E-state index in [1.54, 1.807) is 14.2 Å². The van der Waals surface area contributed by atoms with E-state index in [-0.39, 0.29) is 5.71 Å². The Hall–Kier alpha value is 0.905. The summed E-state index contributed by atoms with van der Waals surface area (Å²) < 4.78 is 18.4. The van der Waals surface area contributed by atoms with E-state index < -0.39 is 0 Å². The molecule has 0 radical (unpaired) electrons. The topological polar surface area (TPSA) is 36.9 Å². The van der Waals surface area contributed by atoms with Crippen molar-refractivity contribution in [3.63, 3.8) is 0 Å². The Morgan fingerprint density at radius 3 is 1.25 bits per heavy atom. The van der Waals surface area contributed by atoms with Gasteiger partial charge in [-0.15, -0.1) is 0 Å². The molecule has 0 aliphatic carbocycles. The summed E-state index contributed by atoms with van der Waals surface area (Å²) in [6, 6.07) is 0. The van der Waals surface area contributed by atoms with Gasteiger partial charge in [-0.05, 0) is 0 Å². The van der Waals surface area contributed by atoms with Gasteiger partial charge >= 0.3 is 90.9 Å². The standard InChI is InChI=1S/2C3H7O2.2Al.4H/c2*1-5-3-2-4;;;;;;/h2*2-3H2,1H3;;;;;;/q2*-1;2*+3;4*-1. The Morgan fingerprint density at radius 1 is 0.833 bits per heavy atom. The summed E-state index contributed by atoms with van der Waals surface area (Å²) in [6.45, 7) is 2.65. The van der Waals surface area contributed by atoms with Crippen LogP contribution in [0.25, 0.3) is 0 Å². The Kier molecular flexibility index (Phi) is 22.9. The Balaban J connectivity index is -0.0000000250. The van der Waals surface area contributed by atoms with Gasteiger partial charge in [0.15, 0.2) is 0 Å². The minimum Gasteiger partial charge on any atom is -1.00 e. The quantitative estimate of drug-likeness (QED) is 0.452. The summed E-state index contributed by atoms with van der Waals surface area (Å²) in [5.41, 5.74) is 0. The van der Waals surface area contributed by atoms with Crippen LogP contribution in [-0.4, -0.2) is 73.9 Å². The van der Waals surface area contributed by atoms with Crippen LogP contribution < -0.4 is 0 Å². The second-order valence-electron chi connectivity index (χ2n) is 1.73. The Morgan fingerprint density at radius 2 is 1.17 bits per heavy atom. The Labute approximate surface area is 97.0 Å². The fourth-order valence-electron chi connectivity index (χ4n) is 0.263. The van der Waals surface area contributed by atoms with Crippen LogP contribution in [-0.2, 0) is 17.1 Å². The summed E-state index contributed by atoms with van der Waals surface area (Å²) in [6.07, 6.45) is 0. The first-order chi connectivity index (χ1) is 5.83. The molecule has 6 heteroatoms. The molecule has 0 saturated heterocycles. The number of hydrogen-bond donors (Lipinski definition) is 0. The fourth-order valence-corrected chi connectivity index (χ4v) is 0.455. The third-order valence-corrected chi connectivity index (χ3v) is 1.28. The van der Waals surface area contributed by atoms with Crippen LogP contribution in [0.15, 0.2) is 0 Å². The molecule has 0 spiro atoms. The van der Waals surface area contributed by atoms with Gasteiger partial charge in [0.2, 0.25) is 0 Å². The van der Waals surface area contributed by atoms with E-state index >= 15 is 0 Å². The number of methoxy groups -OCH3 is 2. The molecule has 0 amide bonds. The van der Waals surface area contributed by atoms with Crippen LogP contribution in [0, 0.1) is 0 Å². The number of ether oxygens (including phenoxy) is 2. The van der Waals surface area contributed by atoms with E-state index in [0.717, 1.165) is 0 Å². The minimum absolute atomic E-state index is 0. The predicted octanol–water partition coefficient (Wildman–Crippen LogP) is -0.0842. The molecule has 0 atom stereocenters. The van der Waals surface area contributed by atoms with E-state index in [2.05, 4.69) is 50.3 Å². The molecule has 72 valence electrons. The van der Waals surface area contributed by atoms with Gasteiger partial charge < -0.3 is 5.71 Å². The average molecular weight is 208 g/mol. The summed E-state index contributed by atoms with van der Waals surface area (Å²) in [5.74, 6) is 0. The van der Waals surface area contributed by atoms with Crippen LogP contribution in [0.1, 0.15) is 5.71 Å². The first-order valence-electron chi connectivity index (χ1n) is 3.44. The third kappa shape index (κ3) is 22.4. The van der Waals surface area contributed by atoms with Crippen LogP contribution in [0.3, 0.4) is 0 Å². The van der Waals surface area contributed by atoms with Crippen LogP contribution in [0.4, 0.5) is 0 Å². The van der Waals surface area contributed by atoms with Gasteiger partial charge in [0.25, 0.3) is 0 Å². The molecule has 0 heterocycles. The van der Waals surface area contributed by atoms with E-state index in [9.17, 15) is 0 Å². The summed E-state index contributed by atoms with van der Waals surface area (Å²) in [4.78, 5) is 0. The summed E-state index contributed by atoms with van der Waals surface area (Å²) >= 11 is 4.30. The van der Waals surface area contributed by atoms with Gasteiger partial charge in [0.05, 0.1) is 0 Å². The largest absolute Gasteiger partial charge is 1.00 e. The van der Waals surface area contributed by atoms with Crippen molar-refractivity contribution in [2.75, 3.05) is 40.6 Å². The molecule has 0 aromatic heterocycles. The van der Waals surface area contributed by atoms with E-state index in [0.29, 0.717) is 26.4 Å². The van der Waals surface area contributed by atoms with Crippen LogP contribution >= 0.6 is 0 Å². The number of hydrogen-bond acceptors (Lipinski definition) is 4. The van der Waals surface area contributed by atoms with Crippen molar-refractivity contribution in [1.29, 1.82) is 0 Å². The smallest absolute Gasteiger partial charge is 1.00 e. The second kappa shape index (κ2) is 17.9. The zero-order valence-electron chi connectivity index (χ0n) is 11.6. The molecule has 0 rings (SSSR count). The molecule has 4 nitrogen and oxygen atoms in total. The molecule has 0 aliphatic heterocycles. The second-order valence-corrected chi connectivity index (χ2v) is 2.39. The molecule has 0 aliphatic rings. The fraction of sp³-hybridized carbons (Fsp3) is 1.00. The maximum atomic E-state index is 4.64. The van der Waals surface area contributed by atoms with Gasteiger partial charge in [-0.3, -0.25) is 0 Å². The first kappa shape index (κ1) is 15.4. The summed E-state index contributed by atoms with van der Waals surface area (Å²) in [7, 11) is 3.29. The van der Waals surface area contributed by atoms with Crippen molar-refractivity contribution in [3.05, 3.63) is 0 Å².